The van der Waals surface area contributed by atoms with E-state index >= 15 is 0 Å². The van der Waals surface area contributed by atoms with Crippen molar-refractivity contribution < 1.29 is 45.4 Å². The number of carbonyl (C=O) groups is 2. The van der Waals surface area contributed by atoms with E-state index in [2.05, 4.69) is 6.58 Å². The van der Waals surface area contributed by atoms with Crippen LogP contribution >= 0.6 is 0 Å². The fourth-order valence-corrected chi connectivity index (χ4v) is 5.57. The minimum atomic E-state index is -6.02. The van der Waals surface area contributed by atoms with Crippen molar-refractivity contribution >= 4 is 11.8 Å². The number of hydrogen-bond donors (Lipinski definition) is 1. The Morgan fingerprint density at radius 3 is 2.00 bits per heavy atom. The van der Waals surface area contributed by atoms with Gasteiger partial charge >= 0.3 is 12.4 Å². The molecule has 0 radical (unpaired) electrons. The Morgan fingerprint density at radius 2 is 1.54 bits per heavy atom. The summed E-state index contributed by atoms with van der Waals surface area (Å²) in [6, 6.07) is 3.31. The predicted octanol–water partition coefficient (Wildman–Crippen LogP) is 6.18. The van der Waals surface area contributed by atoms with Crippen LogP contribution in [-0.2, 0) is 15.2 Å². The number of piperidine rings is 1. The Morgan fingerprint density at radius 1 is 1.00 bits per heavy atom. The first-order valence-electron chi connectivity index (χ1n) is 13.1. The molecule has 0 spiro atoms. The molecule has 2 heterocycles. The first kappa shape index (κ1) is 32.4. The number of halogens is 7. The molecule has 1 N–H and O–H groups in total. The van der Waals surface area contributed by atoms with Crippen molar-refractivity contribution in [3.8, 4) is 0 Å². The zero-order chi connectivity index (χ0) is 31.0. The third-order valence-corrected chi connectivity index (χ3v) is 8.30. The molecule has 2 amide bonds. The second-order valence-corrected chi connectivity index (χ2v) is 10.8. The number of benzene rings is 1. The van der Waals surface area contributed by atoms with Gasteiger partial charge in [-0.25, -0.2) is 4.39 Å². The molecule has 2 fully saturated rings. The molecule has 0 aromatic heterocycles. The van der Waals surface area contributed by atoms with Crippen LogP contribution in [0.2, 0.25) is 0 Å². The highest BCUT2D eigenvalue weighted by Gasteiger charge is 2.71. The SMILES string of the molecule is C=C(/C=C\C(F)=C/C)[C@@]1(C)CN(C(=O)C2CCN(C(C)=O)CC2)C[C@H]1c1ccc(C(O)(C(F)(F)F)C(F)(F)F)cc1. The van der Waals surface area contributed by atoms with Crippen molar-refractivity contribution in [2.75, 3.05) is 26.2 Å². The minimum absolute atomic E-state index is 0.0867. The van der Waals surface area contributed by atoms with Gasteiger partial charge in [0.1, 0.15) is 5.83 Å². The molecule has 3 rings (SSSR count). The zero-order valence-corrected chi connectivity index (χ0v) is 22.9. The number of rotatable bonds is 6. The summed E-state index contributed by atoms with van der Waals surface area (Å²) < 4.78 is 94.2. The van der Waals surface area contributed by atoms with Crippen molar-refractivity contribution in [2.45, 2.75) is 57.5 Å². The van der Waals surface area contributed by atoms with E-state index in [1.54, 1.807) is 16.7 Å². The number of alkyl halides is 6. The fraction of sp³-hybridized carbons (Fsp3) is 0.517. The van der Waals surface area contributed by atoms with Crippen molar-refractivity contribution in [1.29, 1.82) is 0 Å². The molecule has 226 valence electrons. The van der Waals surface area contributed by atoms with E-state index in [0.717, 1.165) is 12.1 Å². The highest BCUT2D eigenvalue weighted by atomic mass is 19.4. The van der Waals surface area contributed by atoms with Crippen LogP contribution in [0.5, 0.6) is 0 Å². The molecular weight excluding hydrogens is 557 g/mol. The van der Waals surface area contributed by atoms with Crippen LogP contribution in [0, 0.1) is 11.3 Å². The summed E-state index contributed by atoms with van der Waals surface area (Å²) in [5, 5.41) is 9.77. The summed E-state index contributed by atoms with van der Waals surface area (Å²) in [6.07, 6.45) is -7.30. The van der Waals surface area contributed by atoms with Gasteiger partial charge in [0.05, 0.1) is 0 Å². The lowest BCUT2D eigenvalue weighted by Crippen LogP contribution is -2.53. The lowest BCUT2D eigenvalue weighted by atomic mass is 9.71. The summed E-state index contributed by atoms with van der Waals surface area (Å²) in [5.74, 6) is -1.80. The van der Waals surface area contributed by atoms with E-state index in [1.165, 1.54) is 32.1 Å². The van der Waals surface area contributed by atoms with Crippen LogP contribution < -0.4 is 0 Å². The summed E-state index contributed by atoms with van der Waals surface area (Å²) in [4.78, 5) is 28.4. The highest BCUT2D eigenvalue weighted by molar-refractivity contribution is 5.80. The van der Waals surface area contributed by atoms with E-state index in [1.807, 2.05) is 0 Å². The van der Waals surface area contributed by atoms with Gasteiger partial charge in [0.15, 0.2) is 0 Å². The highest BCUT2D eigenvalue weighted by Crippen LogP contribution is 2.52. The number of amides is 2. The zero-order valence-electron chi connectivity index (χ0n) is 22.9. The maximum Gasteiger partial charge on any atom is 0.430 e. The molecule has 0 aliphatic carbocycles. The Hall–Kier alpha value is -3.15. The number of hydrogen-bond acceptors (Lipinski definition) is 3. The smallest absolute Gasteiger partial charge is 0.369 e. The molecule has 0 unspecified atom stereocenters. The molecule has 2 atom stereocenters. The monoisotopic (exact) mass is 590 g/mol. The maximum absolute atomic E-state index is 13.8. The number of nitrogens with zero attached hydrogens (tertiary/aromatic N) is 2. The molecule has 0 bridgehead atoms. The van der Waals surface area contributed by atoms with Gasteiger partial charge in [-0.1, -0.05) is 49.9 Å². The third kappa shape index (κ3) is 6.22. The topological polar surface area (TPSA) is 60.9 Å². The van der Waals surface area contributed by atoms with Crippen molar-refractivity contribution in [3.63, 3.8) is 0 Å². The van der Waals surface area contributed by atoms with Gasteiger partial charge in [-0.3, -0.25) is 9.59 Å². The Bertz CT molecular complexity index is 1200. The van der Waals surface area contributed by atoms with Crippen LogP contribution in [0.4, 0.5) is 30.7 Å². The number of likely N-dealkylation sites (tertiary alicyclic amines) is 2. The summed E-state index contributed by atoms with van der Waals surface area (Å²) in [7, 11) is 0. The molecule has 41 heavy (non-hydrogen) atoms. The Kier molecular flexibility index (Phi) is 9.17. The first-order valence-corrected chi connectivity index (χ1v) is 13.1. The molecule has 1 aromatic rings. The van der Waals surface area contributed by atoms with Gasteiger partial charge < -0.3 is 14.9 Å². The molecule has 12 heteroatoms. The number of allylic oxidation sites excluding steroid dienone is 4. The van der Waals surface area contributed by atoms with E-state index in [9.17, 15) is 45.4 Å². The van der Waals surface area contributed by atoms with Crippen molar-refractivity contribution in [3.05, 3.63) is 71.6 Å². The second-order valence-electron chi connectivity index (χ2n) is 10.8. The van der Waals surface area contributed by atoms with Gasteiger partial charge in [-0.15, -0.1) is 0 Å². The van der Waals surface area contributed by atoms with Crippen LogP contribution in [0.1, 0.15) is 50.7 Å². The lowest BCUT2D eigenvalue weighted by molar-refractivity contribution is -0.376. The number of aliphatic hydroxyl groups is 1. The minimum Gasteiger partial charge on any atom is -0.369 e. The standard InChI is InChI=1S/C29H33F7N2O3/c1-5-23(30)11-6-18(2)26(4)17-38(25(40)21-12-14-37(15-13-21)19(3)39)16-24(26)20-7-9-22(10-8-20)27(41,28(31,32)33)29(34,35)36/h5-11,21,24,41H,2,12-17H2,1,3-4H3/b11-6-,23-5+/t24-,26+/m0/s1. The van der Waals surface area contributed by atoms with Gasteiger partial charge in [-0.05, 0) is 37.0 Å². The van der Waals surface area contributed by atoms with E-state index in [-0.39, 0.29) is 30.8 Å². The Labute approximate surface area is 234 Å². The lowest BCUT2D eigenvalue weighted by Gasteiger charge is -2.34. The summed E-state index contributed by atoms with van der Waals surface area (Å²) in [5.41, 5.74) is -6.67. The fourth-order valence-electron chi connectivity index (χ4n) is 5.57. The van der Waals surface area contributed by atoms with Crippen LogP contribution in [0.15, 0.2) is 60.5 Å². The molecule has 2 aliphatic heterocycles. The molecule has 2 saturated heterocycles. The maximum atomic E-state index is 13.8. The Balaban J connectivity index is 1.97. The normalized spacial score (nSPS) is 23.4. The summed E-state index contributed by atoms with van der Waals surface area (Å²) in [6.45, 7) is 9.78. The molecule has 0 saturated carbocycles. The van der Waals surface area contributed by atoms with E-state index in [4.69, 9.17) is 0 Å². The van der Waals surface area contributed by atoms with Crippen LogP contribution in [0.3, 0.4) is 0 Å². The van der Waals surface area contributed by atoms with Crippen molar-refractivity contribution in [2.24, 2.45) is 11.3 Å². The third-order valence-electron chi connectivity index (χ3n) is 8.30. The molecule has 1 aromatic carbocycles. The largest absolute Gasteiger partial charge is 0.430 e. The van der Waals surface area contributed by atoms with Gasteiger partial charge in [0.2, 0.25) is 11.8 Å². The average Bonchev–Trinajstić information content (AvgIpc) is 3.27. The van der Waals surface area contributed by atoms with Gasteiger partial charge in [-0.2, -0.15) is 26.3 Å². The second kappa shape index (κ2) is 11.6. The van der Waals surface area contributed by atoms with Crippen molar-refractivity contribution in [1.82, 2.24) is 9.80 Å². The van der Waals surface area contributed by atoms with E-state index in [0.29, 0.717) is 49.2 Å². The average molecular weight is 591 g/mol. The van der Waals surface area contributed by atoms with Gasteiger partial charge in [0, 0.05) is 55.9 Å². The summed E-state index contributed by atoms with van der Waals surface area (Å²) >= 11 is 0. The van der Waals surface area contributed by atoms with Gasteiger partial charge in [0.25, 0.3) is 5.60 Å². The predicted molar refractivity (Wildman–Crippen MR) is 138 cm³/mol. The molecule has 5 nitrogen and oxygen atoms in total. The number of carbonyl (C=O) groups excluding carboxylic acids is 2. The molecule has 2 aliphatic rings. The van der Waals surface area contributed by atoms with E-state index < -0.39 is 40.7 Å². The van der Waals surface area contributed by atoms with Crippen LogP contribution in [-0.4, -0.2) is 65.3 Å². The first-order chi connectivity index (χ1) is 18.9. The molecular formula is C29H33F7N2O3. The van der Waals surface area contributed by atoms with Crippen LogP contribution in [0.25, 0.3) is 0 Å². The quantitative estimate of drug-likeness (QED) is 0.318.